The molecule has 2 fully saturated rings. The Morgan fingerprint density at radius 2 is 0.430 bits per heavy atom. The Morgan fingerprint density at radius 3 is 0.596 bits per heavy atom. The van der Waals surface area contributed by atoms with E-state index in [9.17, 15) is 19.2 Å². The summed E-state index contributed by atoms with van der Waals surface area (Å²) in [5, 5.41) is 13.1. The summed E-state index contributed by atoms with van der Waals surface area (Å²) in [6.07, 6.45) is 85.9. The maximum absolute atomic E-state index is 15.0. The summed E-state index contributed by atoms with van der Waals surface area (Å²) >= 11 is 0. The minimum atomic E-state index is -1.25. The number of nitrogens with one attached hydrogen (secondary N) is 4. The second kappa shape index (κ2) is 73.8. The topological polar surface area (TPSA) is 153 Å². The van der Waals surface area contributed by atoms with Crippen molar-refractivity contribution in [1.82, 2.24) is 21.3 Å². The van der Waals surface area contributed by atoms with Gasteiger partial charge in [0.25, 0.3) is 0 Å². The number of carbonyl (C=O) groups is 4. The zero-order chi connectivity index (χ0) is 82.2. The lowest BCUT2D eigenvalue weighted by atomic mass is 9.77. The molecule has 0 saturated carbocycles. The second-order valence-electron chi connectivity index (χ2n) is 37.4. The zero-order valence-electron chi connectivity index (χ0n) is 76.8. The summed E-state index contributed by atoms with van der Waals surface area (Å²) < 4.78 is 26.3. The molecular weight excluding hydrogens is 1410 g/mol. The van der Waals surface area contributed by atoms with E-state index in [1.165, 1.54) is 360 Å². The van der Waals surface area contributed by atoms with Crippen LogP contribution in [0.15, 0.2) is 24.3 Å². The first kappa shape index (κ1) is 105. The largest absolute Gasteiger partial charge is 0.381 e. The molecule has 666 valence electrons. The van der Waals surface area contributed by atoms with Gasteiger partial charge in [0.15, 0.2) is 0 Å². The molecule has 0 spiro atoms. The van der Waals surface area contributed by atoms with Gasteiger partial charge in [-0.25, -0.2) is 0 Å². The number of piperazine rings is 2. The molecule has 1 aromatic carbocycles. The second-order valence-corrected chi connectivity index (χ2v) is 37.4. The molecule has 114 heavy (non-hydrogen) atoms. The van der Waals surface area contributed by atoms with Gasteiger partial charge in [-0.3, -0.25) is 19.2 Å². The third-order valence-electron chi connectivity index (χ3n) is 25.4. The van der Waals surface area contributed by atoms with E-state index in [4.69, 9.17) is 18.9 Å². The molecule has 2 aliphatic rings. The minimum Gasteiger partial charge on any atom is -0.381 e. The van der Waals surface area contributed by atoms with Crippen molar-refractivity contribution in [2.75, 3.05) is 52.9 Å². The average Bonchev–Trinajstić information content (AvgIpc) is 0.776. The number of unbranched alkanes of at least 4 members (excludes halogenated alkanes) is 60. The van der Waals surface area contributed by atoms with Crippen LogP contribution in [0.3, 0.4) is 0 Å². The quantitative estimate of drug-likeness (QED) is 0.0470. The van der Waals surface area contributed by atoms with E-state index in [2.05, 4.69) is 73.2 Å². The Labute approximate surface area is 706 Å². The van der Waals surface area contributed by atoms with Crippen LogP contribution >= 0.6 is 0 Å². The van der Waals surface area contributed by atoms with Crippen LogP contribution in [0.5, 0.6) is 0 Å². The van der Waals surface area contributed by atoms with Gasteiger partial charge in [0.05, 0.1) is 26.4 Å². The van der Waals surface area contributed by atoms with E-state index in [0.717, 1.165) is 62.5 Å². The molecule has 12 heteroatoms. The molecule has 0 radical (unpaired) electrons. The van der Waals surface area contributed by atoms with Gasteiger partial charge >= 0.3 is 0 Å². The third-order valence-corrected chi connectivity index (χ3v) is 25.4. The number of benzene rings is 1. The lowest BCUT2D eigenvalue weighted by molar-refractivity contribution is -0.144. The minimum absolute atomic E-state index is 0.0845. The molecule has 2 aliphatic heterocycles. The van der Waals surface area contributed by atoms with E-state index in [1.54, 1.807) is 0 Å². The SMILES string of the molecule is CCCCCCCCCCCCCCCCCCOCC(COCCCCCCCCCCCCCCCCCC)C[C@]1(Cc2ccc(C[C@@]3(CC(COCCCCCCCCCCCCCCCCCC)COCCCCCCCCCCCCCCCCCC)NC(=O)[C@H](C(C)C)NC3=O)cc2)NC(=O)[C@H](C(C)C)NC1=O. The van der Waals surface area contributed by atoms with E-state index in [0.29, 0.717) is 65.7 Å². The molecule has 3 rings (SSSR count). The van der Waals surface area contributed by atoms with Crippen molar-refractivity contribution >= 4 is 23.6 Å². The molecule has 4 amide bonds. The van der Waals surface area contributed by atoms with Gasteiger partial charge < -0.3 is 40.2 Å². The summed E-state index contributed by atoms with van der Waals surface area (Å²) in [4.78, 5) is 58.6. The molecule has 12 nitrogen and oxygen atoms in total. The monoisotopic (exact) mass is 1600 g/mol. The molecule has 4 atom stereocenters. The van der Waals surface area contributed by atoms with Crippen LogP contribution in [0.1, 0.15) is 490 Å². The first-order valence-electron chi connectivity index (χ1n) is 50.5. The van der Waals surface area contributed by atoms with E-state index < -0.39 is 23.2 Å². The van der Waals surface area contributed by atoms with Crippen LogP contribution in [0.4, 0.5) is 0 Å². The third kappa shape index (κ3) is 54.3. The standard InChI is InChI=1S/C102H190N4O8/c1-9-13-17-21-25-29-33-37-41-45-49-53-57-61-65-69-77-111-85-93(86-112-78-70-66-62-58-54-50-46-42-38-34-30-26-22-18-14-10-2)83-101(99(109)103-95(89(5)6)97(107)105-101)81-91-73-75-92(76-74-91)82-102(100(110)104-96(90(7)8)98(108)106-102)84-94(87-113-79-71-67-63-59-55-51-47-43-39-35-31-27-23-19-15-11-3)88-114-80-72-68-64-60-56-52-48-44-40-36-32-28-24-20-16-12-4/h73-76,89-90,93-96H,9-72,77-88H2,1-8H3,(H,103,109)(H,104,110)(H,105,107)(H,106,108)/t95-,96-,101-,102-/m0/s1. The Morgan fingerprint density at radius 1 is 0.263 bits per heavy atom. The van der Waals surface area contributed by atoms with Crippen LogP contribution in [-0.2, 0) is 51.0 Å². The van der Waals surface area contributed by atoms with Gasteiger partial charge in [-0.05, 0) is 61.5 Å². The number of ether oxygens (including phenoxy) is 4. The van der Waals surface area contributed by atoms with Crippen LogP contribution in [0, 0.1) is 23.7 Å². The van der Waals surface area contributed by atoms with Crippen molar-refractivity contribution in [3.05, 3.63) is 35.4 Å². The summed E-state index contributed by atoms with van der Waals surface area (Å²) in [5.41, 5.74) is -0.708. The Hall–Kier alpha value is -3.06. The van der Waals surface area contributed by atoms with Crippen molar-refractivity contribution < 1.29 is 38.1 Å². The van der Waals surface area contributed by atoms with Crippen LogP contribution in [0.25, 0.3) is 0 Å². The Balaban J connectivity index is 1.74. The van der Waals surface area contributed by atoms with E-state index >= 15 is 0 Å². The van der Waals surface area contributed by atoms with Crippen molar-refractivity contribution in [2.45, 2.75) is 515 Å². The zero-order valence-corrected chi connectivity index (χ0v) is 76.8. The van der Waals surface area contributed by atoms with Gasteiger partial charge in [0, 0.05) is 51.1 Å². The van der Waals surface area contributed by atoms with Crippen LogP contribution < -0.4 is 21.3 Å². The first-order valence-corrected chi connectivity index (χ1v) is 50.5. The smallest absolute Gasteiger partial charge is 0.246 e. The lowest BCUT2D eigenvalue weighted by Gasteiger charge is -2.43. The maximum Gasteiger partial charge on any atom is 0.246 e. The normalized spacial score (nSPS) is 17.3. The highest BCUT2D eigenvalue weighted by atomic mass is 16.5. The van der Waals surface area contributed by atoms with Crippen LogP contribution in [0.2, 0.25) is 0 Å². The molecule has 2 heterocycles. The molecule has 2 saturated heterocycles. The van der Waals surface area contributed by atoms with Crippen molar-refractivity contribution in [3.8, 4) is 0 Å². The summed E-state index contributed by atoms with van der Waals surface area (Å²) in [6, 6.07) is 6.93. The van der Waals surface area contributed by atoms with E-state index in [1.807, 2.05) is 27.7 Å². The summed E-state index contributed by atoms with van der Waals surface area (Å²) in [6.45, 7) is 21.5. The highest BCUT2D eigenvalue weighted by Gasteiger charge is 2.50. The van der Waals surface area contributed by atoms with Gasteiger partial charge in [-0.15, -0.1) is 0 Å². The number of hydrogen-bond donors (Lipinski definition) is 4. The van der Waals surface area contributed by atoms with Gasteiger partial charge in [-0.2, -0.15) is 0 Å². The van der Waals surface area contributed by atoms with Crippen molar-refractivity contribution in [2.24, 2.45) is 23.7 Å². The van der Waals surface area contributed by atoms with Gasteiger partial charge in [-0.1, -0.05) is 465 Å². The molecule has 1 aromatic rings. The Bertz CT molecular complexity index is 2110. The predicted octanol–water partition coefficient (Wildman–Crippen LogP) is 27.9. The van der Waals surface area contributed by atoms with Crippen molar-refractivity contribution in [1.29, 1.82) is 0 Å². The molecule has 4 N–H and O–H groups in total. The first-order chi connectivity index (χ1) is 55.8. The highest BCUT2D eigenvalue weighted by molar-refractivity contribution is 6.01. The number of carbonyl (C=O) groups excluding carboxylic acids is 4. The number of rotatable bonds is 86. The van der Waals surface area contributed by atoms with E-state index in [-0.39, 0.29) is 60.1 Å². The highest BCUT2D eigenvalue weighted by Crippen LogP contribution is 2.32. The fourth-order valence-corrected chi connectivity index (χ4v) is 17.8. The number of hydrogen-bond acceptors (Lipinski definition) is 8. The number of amides is 4. The molecule has 0 aliphatic carbocycles. The molecular formula is C102H190N4O8. The average molecular weight is 1600 g/mol. The summed E-state index contributed by atoms with van der Waals surface area (Å²) in [5.74, 6) is -1.13. The van der Waals surface area contributed by atoms with Gasteiger partial charge in [0.2, 0.25) is 23.6 Å². The predicted molar refractivity (Wildman–Crippen MR) is 487 cm³/mol. The fraction of sp³-hybridized carbons (Fsp3) is 0.902. The van der Waals surface area contributed by atoms with Gasteiger partial charge in [0.1, 0.15) is 23.2 Å². The molecule has 0 bridgehead atoms. The summed E-state index contributed by atoms with van der Waals surface area (Å²) in [7, 11) is 0. The lowest BCUT2D eigenvalue weighted by Crippen LogP contribution is -2.71. The van der Waals surface area contributed by atoms with Crippen molar-refractivity contribution in [3.63, 3.8) is 0 Å². The Kier molecular flexibility index (Phi) is 68.1. The maximum atomic E-state index is 15.0. The molecule has 0 aromatic heterocycles. The fourth-order valence-electron chi connectivity index (χ4n) is 17.8. The molecule has 0 unspecified atom stereocenters. The van der Waals surface area contributed by atoms with Crippen LogP contribution in [-0.4, -0.2) is 99.6 Å².